The smallest absolute Gasteiger partial charge is 0.356 e. The quantitative estimate of drug-likeness (QED) is 0.328. The van der Waals surface area contributed by atoms with Crippen LogP contribution in [-0.4, -0.2) is 55.0 Å². The van der Waals surface area contributed by atoms with Gasteiger partial charge in [0.2, 0.25) is 5.91 Å². The van der Waals surface area contributed by atoms with Gasteiger partial charge in [0.15, 0.2) is 11.7 Å². The standard InChI is InChI=1S/C18H26F3N5OS.HI/c1-26(2)16(27)9-23-17(24-13-8-11-3-4-12(13)7-11)22-6-5-15-25-14(10-28-15)18(19,20)21;/h10-13H,3-9H2,1-2H3,(H2,22,23,24);1H. The van der Waals surface area contributed by atoms with Gasteiger partial charge in [-0.2, -0.15) is 13.2 Å². The number of nitrogens with one attached hydrogen (secondary N) is 2. The molecule has 0 saturated heterocycles. The summed E-state index contributed by atoms with van der Waals surface area (Å²) < 4.78 is 38.0. The van der Waals surface area contributed by atoms with E-state index in [0.717, 1.165) is 29.1 Å². The molecule has 2 fully saturated rings. The fourth-order valence-electron chi connectivity index (χ4n) is 3.88. The van der Waals surface area contributed by atoms with Crippen LogP contribution in [0.25, 0.3) is 0 Å². The molecule has 1 aromatic heterocycles. The van der Waals surface area contributed by atoms with Crippen molar-refractivity contribution in [3.8, 4) is 0 Å². The summed E-state index contributed by atoms with van der Waals surface area (Å²) in [5.41, 5.74) is -0.849. The number of aromatic nitrogens is 1. The summed E-state index contributed by atoms with van der Waals surface area (Å²) >= 11 is 1.00. The van der Waals surface area contributed by atoms with Crippen molar-refractivity contribution in [2.75, 3.05) is 27.2 Å². The molecule has 164 valence electrons. The van der Waals surface area contributed by atoms with E-state index >= 15 is 0 Å². The lowest BCUT2D eigenvalue weighted by atomic mass is 9.95. The van der Waals surface area contributed by atoms with Crippen molar-refractivity contribution < 1.29 is 18.0 Å². The number of thiazole rings is 1. The molecule has 0 spiro atoms. The van der Waals surface area contributed by atoms with E-state index in [-0.39, 0.29) is 36.4 Å². The second kappa shape index (κ2) is 10.3. The van der Waals surface area contributed by atoms with Gasteiger partial charge in [0.05, 0.1) is 5.01 Å². The molecule has 1 heterocycles. The predicted octanol–water partition coefficient (Wildman–Crippen LogP) is 3.13. The van der Waals surface area contributed by atoms with Crippen molar-refractivity contribution in [1.29, 1.82) is 0 Å². The summed E-state index contributed by atoms with van der Waals surface area (Å²) in [5.74, 6) is 1.84. The predicted molar refractivity (Wildman–Crippen MR) is 118 cm³/mol. The third-order valence-electron chi connectivity index (χ3n) is 5.40. The summed E-state index contributed by atoms with van der Waals surface area (Å²) in [6.45, 7) is 0.423. The molecule has 1 aromatic rings. The lowest BCUT2D eigenvalue weighted by molar-refractivity contribution is -0.140. The number of carbonyl (C=O) groups is 1. The van der Waals surface area contributed by atoms with Gasteiger partial charge in [-0.15, -0.1) is 35.3 Å². The van der Waals surface area contributed by atoms with Crippen LogP contribution in [0.2, 0.25) is 0 Å². The zero-order valence-electron chi connectivity index (χ0n) is 16.5. The highest BCUT2D eigenvalue weighted by Crippen LogP contribution is 2.44. The molecule has 11 heteroatoms. The lowest BCUT2D eigenvalue weighted by Gasteiger charge is -2.25. The Balaban J connectivity index is 0.00000300. The third-order valence-corrected chi connectivity index (χ3v) is 6.31. The minimum absolute atomic E-state index is 0. The van der Waals surface area contributed by atoms with Crippen molar-refractivity contribution in [2.45, 2.75) is 44.3 Å². The number of amides is 1. The highest BCUT2D eigenvalue weighted by molar-refractivity contribution is 14.0. The molecule has 29 heavy (non-hydrogen) atoms. The molecule has 2 bridgehead atoms. The number of nitrogens with zero attached hydrogens (tertiary/aromatic N) is 3. The normalized spacial score (nSPS) is 23.6. The fourth-order valence-corrected chi connectivity index (χ4v) is 4.69. The van der Waals surface area contributed by atoms with Crippen molar-refractivity contribution >= 4 is 47.2 Å². The molecule has 2 aliphatic carbocycles. The molecule has 1 amide bonds. The maximum absolute atomic E-state index is 12.7. The van der Waals surface area contributed by atoms with Crippen molar-refractivity contribution in [3.05, 3.63) is 16.1 Å². The van der Waals surface area contributed by atoms with Crippen LogP contribution in [-0.2, 0) is 17.4 Å². The Bertz CT molecular complexity index is 725. The van der Waals surface area contributed by atoms with Crippen LogP contribution < -0.4 is 10.6 Å². The summed E-state index contributed by atoms with van der Waals surface area (Å²) in [4.78, 5) is 21.3. The number of alkyl halides is 3. The van der Waals surface area contributed by atoms with Gasteiger partial charge in [-0.25, -0.2) is 9.98 Å². The van der Waals surface area contributed by atoms with Gasteiger partial charge in [0, 0.05) is 38.5 Å². The van der Waals surface area contributed by atoms with Gasteiger partial charge in [0.25, 0.3) is 0 Å². The molecule has 6 nitrogen and oxygen atoms in total. The second-order valence-electron chi connectivity index (χ2n) is 7.68. The monoisotopic (exact) mass is 545 g/mol. The highest BCUT2D eigenvalue weighted by atomic mass is 127. The first-order chi connectivity index (χ1) is 13.2. The fraction of sp³-hybridized carbons (Fsp3) is 0.722. The first-order valence-corrected chi connectivity index (χ1v) is 10.4. The molecule has 0 aliphatic heterocycles. The molecule has 2 saturated carbocycles. The largest absolute Gasteiger partial charge is 0.434 e. The van der Waals surface area contributed by atoms with E-state index in [0.29, 0.717) is 35.9 Å². The molecule has 0 aromatic carbocycles. The molecule has 3 atom stereocenters. The molecule has 2 N–H and O–H groups in total. The molecular formula is C18H27F3IN5OS. The van der Waals surface area contributed by atoms with Crippen molar-refractivity contribution in [3.63, 3.8) is 0 Å². The number of fused-ring (bicyclic) bond motifs is 2. The van der Waals surface area contributed by atoms with Crippen LogP contribution in [0.5, 0.6) is 0 Å². The van der Waals surface area contributed by atoms with E-state index < -0.39 is 11.9 Å². The number of hydrogen-bond donors (Lipinski definition) is 2. The summed E-state index contributed by atoms with van der Waals surface area (Å²) in [6.07, 6.45) is 0.791. The number of likely N-dealkylation sites (N-methyl/N-ethyl adjacent to an activating group) is 1. The average molecular weight is 545 g/mol. The van der Waals surface area contributed by atoms with E-state index in [1.807, 2.05) is 0 Å². The van der Waals surface area contributed by atoms with E-state index in [2.05, 4.69) is 20.6 Å². The first-order valence-electron chi connectivity index (χ1n) is 9.49. The van der Waals surface area contributed by atoms with Gasteiger partial charge >= 0.3 is 6.18 Å². The van der Waals surface area contributed by atoms with Crippen LogP contribution in [0.4, 0.5) is 13.2 Å². The summed E-state index contributed by atoms with van der Waals surface area (Å²) in [5, 5.41) is 8.03. The second-order valence-corrected chi connectivity index (χ2v) is 8.62. The van der Waals surface area contributed by atoms with Gasteiger partial charge in [-0.05, 0) is 31.1 Å². The number of hydrogen-bond acceptors (Lipinski definition) is 4. The van der Waals surface area contributed by atoms with Gasteiger partial charge in [-0.3, -0.25) is 4.79 Å². The minimum Gasteiger partial charge on any atom is -0.356 e. The highest BCUT2D eigenvalue weighted by Gasteiger charge is 2.39. The maximum atomic E-state index is 12.7. The Morgan fingerprint density at radius 3 is 2.66 bits per heavy atom. The van der Waals surface area contributed by atoms with Crippen LogP contribution in [0, 0.1) is 11.8 Å². The lowest BCUT2D eigenvalue weighted by Crippen LogP contribution is -2.46. The SMILES string of the molecule is CN(C)C(=O)CN=C(NCCc1nc(C(F)(F)F)cs1)NC1CC2CCC1C2.I. The number of halogens is 4. The summed E-state index contributed by atoms with van der Waals surface area (Å²) in [6, 6.07) is 0.344. The molecule has 0 radical (unpaired) electrons. The van der Waals surface area contributed by atoms with Crippen LogP contribution in [0.3, 0.4) is 0 Å². The zero-order valence-corrected chi connectivity index (χ0v) is 19.6. The van der Waals surface area contributed by atoms with Crippen molar-refractivity contribution in [2.24, 2.45) is 16.8 Å². The Morgan fingerprint density at radius 1 is 1.34 bits per heavy atom. The van der Waals surface area contributed by atoms with Crippen LogP contribution in [0.1, 0.15) is 36.4 Å². The third kappa shape index (κ3) is 6.69. The van der Waals surface area contributed by atoms with E-state index in [4.69, 9.17) is 0 Å². The van der Waals surface area contributed by atoms with Crippen LogP contribution >= 0.6 is 35.3 Å². The molecule has 3 rings (SSSR count). The van der Waals surface area contributed by atoms with Gasteiger partial charge < -0.3 is 15.5 Å². The van der Waals surface area contributed by atoms with E-state index in [9.17, 15) is 18.0 Å². The number of rotatable bonds is 6. The Hall–Kier alpha value is -1.11. The first kappa shape index (κ1) is 24.2. The van der Waals surface area contributed by atoms with Gasteiger partial charge in [0.1, 0.15) is 6.54 Å². The number of guanidine groups is 1. The van der Waals surface area contributed by atoms with E-state index in [1.165, 1.54) is 24.2 Å². The van der Waals surface area contributed by atoms with Crippen LogP contribution in [0.15, 0.2) is 10.4 Å². The number of carbonyl (C=O) groups excluding carboxylic acids is 1. The van der Waals surface area contributed by atoms with Crippen molar-refractivity contribution in [1.82, 2.24) is 20.5 Å². The molecule has 2 aliphatic rings. The Kier molecular flexibility index (Phi) is 8.56. The van der Waals surface area contributed by atoms with E-state index in [1.54, 1.807) is 14.1 Å². The zero-order chi connectivity index (χ0) is 20.3. The minimum atomic E-state index is -4.41. The van der Waals surface area contributed by atoms with Gasteiger partial charge in [-0.1, -0.05) is 6.42 Å². The average Bonchev–Trinajstić information content (AvgIpc) is 3.35. The Labute approximate surface area is 189 Å². The maximum Gasteiger partial charge on any atom is 0.434 e. The summed E-state index contributed by atoms with van der Waals surface area (Å²) in [7, 11) is 3.35. The molecular weight excluding hydrogens is 518 g/mol. The topological polar surface area (TPSA) is 69.6 Å². The molecule has 3 unspecified atom stereocenters. The number of aliphatic imine (C=N–C) groups is 1. The Morgan fingerprint density at radius 2 is 2.10 bits per heavy atom.